The minimum absolute atomic E-state index is 1.52. The second-order valence-electron chi connectivity index (χ2n) is 1.27. The molecule has 10 heavy (non-hydrogen) atoms. The van der Waals surface area contributed by atoms with E-state index in [1.807, 2.05) is 0 Å². The molecule has 0 saturated carbocycles. The minimum Gasteiger partial charge on any atom is -0.369 e. The molecule has 0 bridgehead atoms. The molecule has 2 amide bonds. The summed E-state index contributed by atoms with van der Waals surface area (Å²) in [7, 11) is -4.66. The zero-order valence-electron chi connectivity index (χ0n) is 4.68. The van der Waals surface area contributed by atoms with E-state index in [-0.39, 0.29) is 0 Å². The largest absolute Gasteiger partial charge is 0.468 e. The van der Waals surface area contributed by atoms with Crippen molar-refractivity contribution >= 4 is 19.3 Å². The van der Waals surface area contributed by atoms with Crippen LogP contribution in [0.25, 0.3) is 0 Å². The highest BCUT2D eigenvalue weighted by Gasteiger charge is 2.30. The summed E-state index contributed by atoms with van der Waals surface area (Å²) in [6.45, 7) is 0. The summed E-state index contributed by atoms with van der Waals surface area (Å²) in [6.07, 6.45) is -1.52. The van der Waals surface area contributed by atoms with Gasteiger partial charge in [-0.1, -0.05) is 0 Å². The molecular formula is C2H5N2O5P. The Kier molecular flexibility index (Phi) is 2.39. The van der Waals surface area contributed by atoms with Crippen LogP contribution in [0.3, 0.4) is 0 Å². The SMILES string of the molecule is NC(=O)OP(=O)(O)C(N)=O. The number of carbonyl (C=O) groups is 2. The third-order valence-corrected chi connectivity index (χ3v) is 1.48. The lowest BCUT2D eigenvalue weighted by atomic mass is 11.3. The summed E-state index contributed by atoms with van der Waals surface area (Å²) in [6, 6.07) is 0. The van der Waals surface area contributed by atoms with Crippen LogP contribution in [0.1, 0.15) is 0 Å². The van der Waals surface area contributed by atoms with E-state index in [0.29, 0.717) is 0 Å². The van der Waals surface area contributed by atoms with Crippen LogP contribution < -0.4 is 11.5 Å². The summed E-state index contributed by atoms with van der Waals surface area (Å²) in [5.74, 6) is 0. The molecule has 1 unspecified atom stereocenters. The van der Waals surface area contributed by atoms with Gasteiger partial charge in [-0.15, -0.1) is 0 Å². The van der Waals surface area contributed by atoms with Crippen molar-refractivity contribution in [1.29, 1.82) is 0 Å². The van der Waals surface area contributed by atoms with Crippen LogP contribution >= 0.6 is 7.60 Å². The maximum absolute atomic E-state index is 10.3. The van der Waals surface area contributed by atoms with E-state index in [4.69, 9.17) is 4.89 Å². The van der Waals surface area contributed by atoms with Gasteiger partial charge in [0.15, 0.2) is 0 Å². The highest BCUT2D eigenvalue weighted by molar-refractivity contribution is 7.71. The minimum atomic E-state index is -4.66. The number of carbonyl (C=O) groups excluding carboxylic acids is 2. The van der Waals surface area contributed by atoms with Crippen LogP contribution in [0.2, 0.25) is 0 Å². The number of primary amides is 2. The number of hydrogen-bond donors (Lipinski definition) is 3. The molecule has 5 N–H and O–H groups in total. The van der Waals surface area contributed by atoms with Crippen LogP contribution in [-0.2, 0) is 9.09 Å². The van der Waals surface area contributed by atoms with Crippen molar-refractivity contribution < 1.29 is 23.6 Å². The molecular weight excluding hydrogens is 163 g/mol. The molecule has 0 aliphatic rings. The monoisotopic (exact) mass is 168 g/mol. The van der Waals surface area contributed by atoms with Gasteiger partial charge in [0.2, 0.25) is 0 Å². The van der Waals surface area contributed by atoms with E-state index in [0.717, 1.165) is 0 Å². The van der Waals surface area contributed by atoms with Gasteiger partial charge < -0.3 is 20.9 Å². The quantitative estimate of drug-likeness (QED) is 0.471. The van der Waals surface area contributed by atoms with Crippen LogP contribution in [0.4, 0.5) is 9.59 Å². The summed E-state index contributed by atoms with van der Waals surface area (Å²) in [5.41, 5.74) is 7.03. The van der Waals surface area contributed by atoms with E-state index in [9.17, 15) is 14.2 Å². The van der Waals surface area contributed by atoms with Gasteiger partial charge in [-0.2, -0.15) is 0 Å². The Balaban J connectivity index is 4.29. The van der Waals surface area contributed by atoms with Crippen molar-refractivity contribution in [2.75, 3.05) is 0 Å². The predicted molar refractivity (Wildman–Crippen MR) is 30.1 cm³/mol. The Hall–Kier alpha value is -1.07. The van der Waals surface area contributed by atoms with Crippen molar-refractivity contribution in [3.05, 3.63) is 0 Å². The molecule has 58 valence electrons. The van der Waals surface area contributed by atoms with Gasteiger partial charge in [0.25, 0.3) is 0 Å². The molecule has 0 saturated heterocycles. The van der Waals surface area contributed by atoms with Crippen molar-refractivity contribution in [1.82, 2.24) is 0 Å². The number of rotatable bonds is 2. The molecule has 7 nitrogen and oxygen atoms in total. The molecule has 0 radical (unpaired) electrons. The van der Waals surface area contributed by atoms with Crippen molar-refractivity contribution in [2.24, 2.45) is 11.5 Å². The predicted octanol–water partition coefficient (Wildman–Crippen LogP) is -0.654. The molecule has 0 spiro atoms. The van der Waals surface area contributed by atoms with Gasteiger partial charge in [-0.05, 0) is 0 Å². The van der Waals surface area contributed by atoms with Gasteiger partial charge in [0, 0.05) is 0 Å². The lowest BCUT2D eigenvalue weighted by Crippen LogP contribution is -2.17. The summed E-state index contributed by atoms with van der Waals surface area (Å²) < 4.78 is 13.8. The van der Waals surface area contributed by atoms with E-state index in [1.54, 1.807) is 0 Å². The third kappa shape index (κ3) is 2.47. The molecule has 0 aromatic rings. The van der Waals surface area contributed by atoms with E-state index >= 15 is 0 Å². The van der Waals surface area contributed by atoms with Crippen molar-refractivity contribution in [3.63, 3.8) is 0 Å². The van der Waals surface area contributed by atoms with Crippen molar-refractivity contribution in [2.45, 2.75) is 0 Å². The average Bonchev–Trinajstić information content (AvgIpc) is 1.60. The molecule has 8 heteroatoms. The maximum atomic E-state index is 10.3. The third-order valence-electron chi connectivity index (χ3n) is 0.492. The van der Waals surface area contributed by atoms with E-state index in [2.05, 4.69) is 16.0 Å². The smallest absolute Gasteiger partial charge is 0.369 e. The van der Waals surface area contributed by atoms with Gasteiger partial charge >= 0.3 is 19.3 Å². The number of hydrogen-bond acceptors (Lipinski definition) is 4. The Morgan fingerprint density at radius 2 is 1.80 bits per heavy atom. The second-order valence-corrected chi connectivity index (χ2v) is 2.93. The van der Waals surface area contributed by atoms with Crippen LogP contribution in [0.15, 0.2) is 0 Å². The summed E-state index contributed by atoms with van der Waals surface area (Å²) >= 11 is 0. The Morgan fingerprint density at radius 3 is 1.90 bits per heavy atom. The zero-order chi connectivity index (χ0) is 8.36. The molecule has 0 aliphatic heterocycles. The zero-order valence-corrected chi connectivity index (χ0v) is 5.58. The lowest BCUT2D eigenvalue weighted by Gasteiger charge is -2.03. The Labute approximate surface area is 55.5 Å². The average molecular weight is 168 g/mol. The number of nitrogens with two attached hydrogens (primary N) is 2. The van der Waals surface area contributed by atoms with E-state index in [1.165, 1.54) is 0 Å². The van der Waals surface area contributed by atoms with Gasteiger partial charge in [-0.3, -0.25) is 4.79 Å². The van der Waals surface area contributed by atoms with E-state index < -0.39 is 19.3 Å². The van der Waals surface area contributed by atoms with Crippen molar-refractivity contribution in [3.8, 4) is 0 Å². The van der Waals surface area contributed by atoms with Crippen LogP contribution in [0.5, 0.6) is 0 Å². The standard InChI is InChI=1S/C2H5N2O5P/c3-1(5)9-10(7,8)2(4)6/h(H2,3,5)(H2,4,6)(H,7,8). The normalized spacial score (nSPS) is 15.3. The Bertz CT molecular complexity index is 212. The molecule has 0 rings (SSSR count). The first-order chi connectivity index (χ1) is 4.36. The first-order valence-electron chi connectivity index (χ1n) is 1.98. The second kappa shape index (κ2) is 2.68. The fourth-order valence-electron chi connectivity index (χ4n) is 0.167. The first kappa shape index (κ1) is 8.93. The van der Waals surface area contributed by atoms with Gasteiger partial charge in [0.05, 0.1) is 0 Å². The van der Waals surface area contributed by atoms with Crippen LogP contribution in [-0.4, -0.2) is 16.6 Å². The maximum Gasteiger partial charge on any atom is 0.468 e. The summed E-state index contributed by atoms with van der Waals surface area (Å²) in [4.78, 5) is 28.0. The molecule has 0 heterocycles. The first-order valence-corrected chi connectivity index (χ1v) is 3.56. The molecule has 0 fully saturated rings. The fourth-order valence-corrected chi connectivity index (χ4v) is 0.501. The molecule has 0 aromatic heterocycles. The molecule has 0 aliphatic carbocycles. The highest BCUT2D eigenvalue weighted by Crippen LogP contribution is 2.40. The topological polar surface area (TPSA) is 133 Å². The fraction of sp³-hybridized carbons (Fsp3) is 0. The number of amides is 2. The van der Waals surface area contributed by atoms with Gasteiger partial charge in [0.1, 0.15) is 0 Å². The molecule has 1 atom stereocenters. The van der Waals surface area contributed by atoms with Crippen LogP contribution in [0, 0.1) is 0 Å². The summed E-state index contributed by atoms with van der Waals surface area (Å²) in [5, 5.41) is 0. The highest BCUT2D eigenvalue weighted by atomic mass is 31.2. The van der Waals surface area contributed by atoms with Gasteiger partial charge in [-0.25, -0.2) is 9.36 Å². The molecule has 0 aromatic carbocycles. The lowest BCUT2D eigenvalue weighted by molar-refractivity contribution is 0.201. The Morgan fingerprint density at radius 1 is 1.40 bits per heavy atom.